The molecule has 16 heavy (non-hydrogen) atoms. The number of nitrogens with zero attached hydrogens (tertiary/aromatic N) is 2. The number of benzene rings is 1. The van der Waals surface area contributed by atoms with Gasteiger partial charge in [-0.2, -0.15) is 5.10 Å². The Bertz CT molecular complexity index is 474. The standard InChI is InChI=1S/C13H15FN2/c1-10(2)9-11-7-8-16(15-11)13-6-4-3-5-12(13)14/h3-8,10H,9H2,1-2H3. The van der Waals surface area contributed by atoms with E-state index in [0.29, 0.717) is 11.6 Å². The van der Waals surface area contributed by atoms with E-state index in [9.17, 15) is 4.39 Å². The molecule has 0 aliphatic rings. The van der Waals surface area contributed by atoms with E-state index < -0.39 is 0 Å². The van der Waals surface area contributed by atoms with Gasteiger partial charge >= 0.3 is 0 Å². The molecule has 0 amide bonds. The molecule has 0 saturated carbocycles. The SMILES string of the molecule is CC(C)Cc1ccn(-c2ccccc2F)n1. The smallest absolute Gasteiger partial charge is 0.148 e. The van der Waals surface area contributed by atoms with Crippen LogP contribution < -0.4 is 0 Å². The van der Waals surface area contributed by atoms with Crippen LogP contribution >= 0.6 is 0 Å². The average molecular weight is 218 g/mol. The number of hydrogen-bond acceptors (Lipinski definition) is 1. The molecule has 0 aliphatic heterocycles. The van der Waals surface area contributed by atoms with Gasteiger partial charge in [0.1, 0.15) is 11.5 Å². The Morgan fingerprint density at radius 1 is 1.25 bits per heavy atom. The summed E-state index contributed by atoms with van der Waals surface area (Å²) in [7, 11) is 0. The maximum atomic E-state index is 13.5. The highest BCUT2D eigenvalue weighted by atomic mass is 19.1. The summed E-state index contributed by atoms with van der Waals surface area (Å²) < 4.78 is 15.1. The number of aromatic nitrogens is 2. The van der Waals surface area contributed by atoms with Gasteiger partial charge in [-0.25, -0.2) is 9.07 Å². The minimum absolute atomic E-state index is 0.248. The molecule has 0 fully saturated rings. The summed E-state index contributed by atoms with van der Waals surface area (Å²) in [5, 5.41) is 4.36. The van der Waals surface area contributed by atoms with Gasteiger partial charge in [-0.3, -0.25) is 0 Å². The summed E-state index contributed by atoms with van der Waals surface area (Å²) in [4.78, 5) is 0. The minimum atomic E-state index is -0.248. The van der Waals surface area contributed by atoms with E-state index >= 15 is 0 Å². The first-order valence-corrected chi connectivity index (χ1v) is 5.46. The van der Waals surface area contributed by atoms with Crippen LogP contribution in [0.4, 0.5) is 4.39 Å². The lowest BCUT2D eigenvalue weighted by Crippen LogP contribution is -2.00. The van der Waals surface area contributed by atoms with Crippen LogP contribution in [0.25, 0.3) is 5.69 Å². The highest BCUT2D eigenvalue weighted by Crippen LogP contribution is 2.13. The molecule has 0 bridgehead atoms. The zero-order valence-electron chi connectivity index (χ0n) is 9.52. The average Bonchev–Trinajstić information content (AvgIpc) is 2.66. The lowest BCUT2D eigenvalue weighted by Gasteiger charge is -2.03. The van der Waals surface area contributed by atoms with Gasteiger partial charge in [0.05, 0.1) is 5.69 Å². The highest BCUT2D eigenvalue weighted by Gasteiger charge is 2.06. The fourth-order valence-corrected chi connectivity index (χ4v) is 1.66. The first-order valence-electron chi connectivity index (χ1n) is 5.46. The molecular formula is C13H15FN2. The predicted molar refractivity (Wildman–Crippen MR) is 62.1 cm³/mol. The molecule has 2 nitrogen and oxygen atoms in total. The van der Waals surface area contributed by atoms with Crippen LogP contribution in [0, 0.1) is 11.7 Å². The van der Waals surface area contributed by atoms with Crippen molar-refractivity contribution in [3.8, 4) is 5.69 Å². The van der Waals surface area contributed by atoms with Gasteiger partial charge in [0, 0.05) is 6.20 Å². The number of halogens is 1. The maximum absolute atomic E-state index is 13.5. The Hall–Kier alpha value is -1.64. The zero-order valence-corrected chi connectivity index (χ0v) is 9.52. The Morgan fingerprint density at radius 3 is 2.69 bits per heavy atom. The summed E-state index contributed by atoms with van der Waals surface area (Å²) in [6.45, 7) is 4.28. The van der Waals surface area contributed by atoms with Crippen molar-refractivity contribution in [2.45, 2.75) is 20.3 Å². The third-order valence-electron chi connectivity index (χ3n) is 2.36. The van der Waals surface area contributed by atoms with Gasteiger partial charge in [-0.05, 0) is 30.5 Å². The fourth-order valence-electron chi connectivity index (χ4n) is 1.66. The summed E-state index contributed by atoms with van der Waals surface area (Å²) in [5.74, 6) is 0.311. The van der Waals surface area contributed by atoms with Gasteiger partial charge in [-0.1, -0.05) is 26.0 Å². The zero-order chi connectivity index (χ0) is 11.5. The molecule has 0 N–H and O–H groups in total. The van der Waals surface area contributed by atoms with Crippen LogP contribution in [0.3, 0.4) is 0 Å². The monoisotopic (exact) mass is 218 g/mol. The Labute approximate surface area is 94.7 Å². The maximum Gasteiger partial charge on any atom is 0.148 e. The van der Waals surface area contributed by atoms with Gasteiger partial charge in [-0.15, -0.1) is 0 Å². The van der Waals surface area contributed by atoms with Crippen molar-refractivity contribution in [3.05, 3.63) is 48.0 Å². The van der Waals surface area contributed by atoms with E-state index in [1.54, 1.807) is 23.0 Å². The van der Waals surface area contributed by atoms with Gasteiger partial charge in [0.25, 0.3) is 0 Å². The van der Waals surface area contributed by atoms with Gasteiger partial charge in [0.15, 0.2) is 0 Å². The normalized spacial score (nSPS) is 11.0. The molecular weight excluding hydrogens is 203 g/mol. The summed E-state index contributed by atoms with van der Waals surface area (Å²) in [6, 6.07) is 8.59. The van der Waals surface area contributed by atoms with Crippen molar-refractivity contribution >= 4 is 0 Å². The van der Waals surface area contributed by atoms with Crippen LogP contribution in [0.15, 0.2) is 36.5 Å². The van der Waals surface area contributed by atoms with E-state index in [1.165, 1.54) is 6.07 Å². The molecule has 3 heteroatoms. The van der Waals surface area contributed by atoms with E-state index in [0.717, 1.165) is 12.1 Å². The van der Waals surface area contributed by atoms with E-state index in [1.807, 2.05) is 12.1 Å². The minimum Gasteiger partial charge on any atom is -0.238 e. The third-order valence-corrected chi connectivity index (χ3v) is 2.36. The first-order chi connectivity index (χ1) is 7.66. The molecule has 0 saturated heterocycles. The molecule has 0 spiro atoms. The van der Waals surface area contributed by atoms with Crippen LogP contribution in [0.1, 0.15) is 19.5 Å². The molecule has 0 radical (unpaired) electrons. The Balaban J connectivity index is 2.28. The highest BCUT2D eigenvalue weighted by molar-refractivity contribution is 5.32. The largest absolute Gasteiger partial charge is 0.238 e. The number of rotatable bonds is 3. The van der Waals surface area contributed by atoms with E-state index in [2.05, 4.69) is 18.9 Å². The summed E-state index contributed by atoms with van der Waals surface area (Å²) >= 11 is 0. The molecule has 84 valence electrons. The molecule has 0 atom stereocenters. The van der Waals surface area contributed by atoms with Crippen molar-refractivity contribution in [1.29, 1.82) is 0 Å². The van der Waals surface area contributed by atoms with Crippen LogP contribution in [-0.4, -0.2) is 9.78 Å². The van der Waals surface area contributed by atoms with Gasteiger partial charge in [0.2, 0.25) is 0 Å². The molecule has 0 aliphatic carbocycles. The van der Waals surface area contributed by atoms with Crippen molar-refractivity contribution in [2.75, 3.05) is 0 Å². The second kappa shape index (κ2) is 4.47. The third kappa shape index (κ3) is 2.30. The summed E-state index contributed by atoms with van der Waals surface area (Å²) in [6.07, 6.45) is 2.72. The number of para-hydroxylation sites is 1. The second-order valence-electron chi connectivity index (χ2n) is 4.30. The predicted octanol–water partition coefficient (Wildman–Crippen LogP) is 3.21. The first kappa shape index (κ1) is 10.9. The van der Waals surface area contributed by atoms with Crippen LogP contribution in [0.5, 0.6) is 0 Å². The van der Waals surface area contributed by atoms with E-state index in [-0.39, 0.29) is 5.82 Å². The molecule has 1 aromatic carbocycles. The Kier molecular flexibility index (Phi) is 3.04. The van der Waals surface area contributed by atoms with Crippen molar-refractivity contribution in [2.24, 2.45) is 5.92 Å². The van der Waals surface area contributed by atoms with Crippen molar-refractivity contribution < 1.29 is 4.39 Å². The van der Waals surface area contributed by atoms with Crippen LogP contribution in [-0.2, 0) is 6.42 Å². The Morgan fingerprint density at radius 2 is 2.00 bits per heavy atom. The molecule has 2 aromatic rings. The molecule has 0 unspecified atom stereocenters. The topological polar surface area (TPSA) is 17.8 Å². The summed E-state index contributed by atoms with van der Waals surface area (Å²) in [5.41, 5.74) is 1.50. The molecule has 2 rings (SSSR count). The van der Waals surface area contributed by atoms with E-state index in [4.69, 9.17) is 0 Å². The second-order valence-corrected chi connectivity index (χ2v) is 4.30. The number of hydrogen-bond donors (Lipinski definition) is 0. The van der Waals surface area contributed by atoms with Crippen molar-refractivity contribution in [3.63, 3.8) is 0 Å². The lowest BCUT2D eigenvalue weighted by atomic mass is 10.1. The van der Waals surface area contributed by atoms with Gasteiger partial charge < -0.3 is 0 Å². The van der Waals surface area contributed by atoms with Crippen molar-refractivity contribution in [1.82, 2.24) is 9.78 Å². The fraction of sp³-hybridized carbons (Fsp3) is 0.308. The molecule has 1 aromatic heterocycles. The van der Waals surface area contributed by atoms with Crippen LogP contribution in [0.2, 0.25) is 0 Å². The quantitative estimate of drug-likeness (QED) is 0.773. The lowest BCUT2D eigenvalue weighted by molar-refractivity contribution is 0.602. The molecule has 1 heterocycles.